The van der Waals surface area contributed by atoms with Gasteiger partial charge in [-0.1, -0.05) is 6.92 Å². The van der Waals surface area contributed by atoms with Crippen LogP contribution >= 0.6 is 0 Å². The smallest absolute Gasteiger partial charge is 0.406 e. The Labute approximate surface area is 108 Å². The van der Waals surface area contributed by atoms with E-state index in [0.717, 1.165) is 0 Å². The van der Waals surface area contributed by atoms with Crippen LogP contribution in [0.3, 0.4) is 0 Å². The summed E-state index contributed by atoms with van der Waals surface area (Å²) in [6.07, 6.45) is -4.21. The average molecular weight is 276 g/mol. The molecule has 0 aliphatic carbocycles. The number of ether oxygens (including phenoxy) is 1. The molecule has 0 fully saturated rings. The molecule has 106 valence electrons. The van der Waals surface area contributed by atoms with Gasteiger partial charge in [-0.05, 0) is 30.7 Å². The van der Waals surface area contributed by atoms with E-state index >= 15 is 0 Å². The third-order valence-electron chi connectivity index (χ3n) is 2.66. The van der Waals surface area contributed by atoms with Crippen molar-refractivity contribution >= 4 is 11.6 Å². The van der Waals surface area contributed by atoms with Crippen LogP contribution in [0.15, 0.2) is 24.3 Å². The first kappa shape index (κ1) is 15.1. The van der Waals surface area contributed by atoms with Crippen LogP contribution < -0.4 is 15.4 Å². The lowest BCUT2D eigenvalue weighted by atomic mass is 10.1. The van der Waals surface area contributed by atoms with E-state index in [1.54, 1.807) is 18.9 Å². The fraction of sp³-hybridized carbons (Fsp3) is 0.417. The van der Waals surface area contributed by atoms with Crippen molar-refractivity contribution in [2.24, 2.45) is 5.73 Å². The highest BCUT2D eigenvalue weighted by atomic mass is 19.4. The summed E-state index contributed by atoms with van der Waals surface area (Å²) in [6.45, 7) is 1.80. The SMILES string of the molecule is CCC(C(N)=O)N(C)c1ccc(OC(F)(F)F)cc1. The van der Waals surface area contributed by atoms with Crippen LogP contribution in [0.2, 0.25) is 0 Å². The number of alkyl halides is 3. The van der Waals surface area contributed by atoms with Crippen molar-refractivity contribution in [2.75, 3.05) is 11.9 Å². The molecular weight excluding hydrogens is 261 g/mol. The lowest BCUT2D eigenvalue weighted by Gasteiger charge is -2.26. The quantitative estimate of drug-likeness (QED) is 0.897. The third kappa shape index (κ3) is 4.35. The van der Waals surface area contributed by atoms with Crippen molar-refractivity contribution in [3.8, 4) is 5.75 Å². The van der Waals surface area contributed by atoms with Gasteiger partial charge < -0.3 is 15.4 Å². The van der Waals surface area contributed by atoms with E-state index in [4.69, 9.17) is 5.73 Å². The number of carbonyl (C=O) groups is 1. The molecule has 7 heteroatoms. The van der Waals surface area contributed by atoms with E-state index in [1.807, 2.05) is 0 Å². The van der Waals surface area contributed by atoms with Crippen LogP contribution in [-0.2, 0) is 4.79 Å². The zero-order valence-corrected chi connectivity index (χ0v) is 10.6. The maximum atomic E-state index is 12.0. The summed E-state index contributed by atoms with van der Waals surface area (Å²) in [5, 5.41) is 0. The molecule has 1 amide bonds. The van der Waals surface area contributed by atoms with Gasteiger partial charge in [-0.3, -0.25) is 4.79 Å². The van der Waals surface area contributed by atoms with Crippen molar-refractivity contribution in [3.63, 3.8) is 0 Å². The number of hydrogen-bond donors (Lipinski definition) is 1. The van der Waals surface area contributed by atoms with E-state index in [2.05, 4.69) is 4.74 Å². The van der Waals surface area contributed by atoms with Crippen molar-refractivity contribution in [3.05, 3.63) is 24.3 Å². The number of halogens is 3. The minimum atomic E-state index is -4.72. The zero-order chi connectivity index (χ0) is 14.6. The number of nitrogens with two attached hydrogens (primary N) is 1. The van der Waals surface area contributed by atoms with Crippen molar-refractivity contribution in [1.82, 2.24) is 0 Å². The first-order valence-electron chi connectivity index (χ1n) is 5.62. The van der Waals surface area contributed by atoms with Crippen LogP contribution in [-0.4, -0.2) is 25.4 Å². The lowest BCUT2D eigenvalue weighted by Crippen LogP contribution is -2.42. The maximum absolute atomic E-state index is 12.0. The molecule has 0 spiro atoms. The van der Waals surface area contributed by atoms with Crippen molar-refractivity contribution in [2.45, 2.75) is 25.7 Å². The Morgan fingerprint density at radius 3 is 2.26 bits per heavy atom. The van der Waals surface area contributed by atoms with E-state index in [0.29, 0.717) is 12.1 Å². The fourth-order valence-corrected chi connectivity index (χ4v) is 1.73. The summed E-state index contributed by atoms with van der Waals surface area (Å²) in [5.74, 6) is -0.794. The van der Waals surface area contributed by atoms with Crippen LogP contribution in [0.25, 0.3) is 0 Å². The van der Waals surface area contributed by atoms with Gasteiger partial charge in [-0.15, -0.1) is 13.2 Å². The minimum Gasteiger partial charge on any atom is -0.406 e. The molecule has 0 aliphatic rings. The lowest BCUT2D eigenvalue weighted by molar-refractivity contribution is -0.274. The molecule has 0 bridgehead atoms. The summed E-state index contributed by atoms with van der Waals surface area (Å²) >= 11 is 0. The molecule has 1 aromatic rings. The summed E-state index contributed by atoms with van der Waals surface area (Å²) in [7, 11) is 1.65. The molecule has 1 rings (SSSR count). The summed E-state index contributed by atoms with van der Waals surface area (Å²) in [4.78, 5) is 12.8. The molecule has 1 unspecified atom stereocenters. The number of rotatable bonds is 5. The second-order valence-electron chi connectivity index (χ2n) is 3.98. The Kier molecular flexibility index (Phi) is 4.63. The van der Waals surface area contributed by atoms with Gasteiger partial charge >= 0.3 is 6.36 Å². The Hall–Kier alpha value is -1.92. The zero-order valence-electron chi connectivity index (χ0n) is 10.6. The van der Waals surface area contributed by atoms with Crippen LogP contribution in [0.5, 0.6) is 5.75 Å². The van der Waals surface area contributed by atoms with Gasteiger partial charge in [0.25, 0.3) is 0 Å². The number of hydrogen-bond acceptors (Lipinski definition) is 3. The monoisotopic (exact) mass is 276 g/mol. The molecule has 1 aromatic carbocycles. The Morgan fingerprint density at radius 1 is 1.37 bits per heavy atom. The second-order valence-corrected chi connectivity index (χ2v) is 3.98. The Balaban J connectivity index is 2.83. The third-order valence-corrected chi connectivity index (χ3v) is 2.66. The normalized spacial score (nSPS) is 12.9. The van der Waals surface area contributed by atoms with Gasteiger partial charge in [0.05, 0.1) is 0 Å². The van der Waals surface area contributed by atoms with Gasteiger partial charge in [-0.2, -0.15) is 0 Å². The Morgan fingerprint density at radius 2 is 1.89 bits per heavy atom. The Bertz CT molecular complexity index is 432. The first-order valence-corrected chi connectivity index (χ1v) is 5.62. The van der Waals surface area contributed by atoms with Crippen LogP contribution in [0, 0.1) is 0 Å². The predicted octanol–water partition coefficient (Wildman–Crippen LogP) is 2.29. The molecule has 4 nitrogen and oxygen atoms in total. The number of amides is 1. The first-order chi connectivity index (χ1) is 8.74. The van der Waals surface area contributed by atoms with E-state index in [9.17, 15) is 18.0 Å². The van der Waals surface area contributed by atoms with Gasteiger partial charge in [0.15, 0.2) is 0 Å². The summed E-state index contributed by atoms with van der Waals surface area (Å²) < 4.78 is 39.7. The van der Waals surface area contributed by atoms with E-state index in [1.165, 1.54) is 24.3 Å². The molecule has 0 radical (unpaired) electrons. The van der Waals surface area contributed by atoms with Gasteiger partial charge in [0.1, 0.15) is 11.8 Å². The molecule has 0 aromatic heterocycles. The number of benzene rings is 1. The molecular formula is C12H15F3N2O2. The summed E-state index contributed by atoms with van der Waals surface area (Å²) in [6, 6.07) is 4.74. The molecule has 0 heterocycles. The summed E-state index contributed by atoms with van der Waals surface area (Å²) in [5.41, 5.74) is 5.83. The topological polar surface area (TPSA) is 55.6 Å². The largest absolute Gasteiger partial charge is 0.573 e. The van der Waals surface area contributed by atoms with E-state index in [-0.39, 0.29) is 5.75 Å². The maximum Gasteiger partial charge on any atom is 0.573 e. The number of anilines is 1. The molecule has 19 heavy (non-hydrogen) atoms. The van der Waals surface area contributed by atoms with Gasteiger partial charge in [0.2, 0.25) is 5.91 Å². The van der Waals surface area contributed by atoms with E-state index < -0.39 is 18.3 Å². The predicted molar refractivity (Wildman–Crippen MR) is 64.8 cm³/mol. The number of likely N-dealkylation sites (N-methyl/N-ethyl adjacent to an activating group) is 1. The van der Waals surface area contributed by atoms with Crippen molar-refractivity contribution in [1.29, 1.82) is 0 Å². The molecule has 0 aliphatic heterocycles. The average Bonchev–Trinajstić information content (AvgIpc) is 2.28. The van der Waals surface area contributed by atoms with Gasteiger partial charge in [0, 0.05) is 12.7 Å². The van der Waals surface area contributed by atoms with Crippen LogP contribution in [0.4, 0.5) is 18.9 Å². The van der Waals surface area contributed by atoms with Crippen molar-refractivity contribution < 1.29 is 22.7 Å². The molecule has 0 saturated heterocycles. The van der Waals surface area contributed by atoms with Crippen LogP contribution in [0.1, 0.15) is 13.3 Å². The molecule has 1 atom stereocenters. The highest BCUT2D eigenvalue weighted by Crippen LogP contribution is 2.25. The highest BCUT2D eigenvalue weighted by Gasteiger charge is 2.31. The molecule has 2 N–H and O–H groups in total. The molecule has 0 saturated carbocycles. The van der Waals surface area contributed by atoms with Gasteiger partial charge in [-0.25, -0.2) is 0 Å². The highest BCUT2D eigenvalue weighted by molar-refractivity contribution is 5.83. The number of carbonyl (C=O) groups excluding carboxylic acids is 1. The minimum absolute atomic E-state index is 0.309. The number of nitrogens with zero attached hydrogens (tertiary/aromatic N) is 1. The second kappa shape index (κ2) is 5.81. The fourth-order valence-electron chi connectivity index (χ4n) is 1.73. The number of primary amides is 1. The standard InChI is InChI=1S/C12H15F3N2O2/c1-3-10(11(16)18)17(2)8-4-6-9(7-5-8)19-12(13,14)15/h4-7,10H,3H2,1-2H3,(H2,16,18).